The van der Waals surface area contributed by atoms with Gasteiger partial charge in [-0.05, 0) is 68.8 Å². The van der Waals surface area contributed by atoms with E-state index in [9.17, 15) is 22.8 Å². The third-order valence-electron chi connectivity index (χ3n) is 5.83. The number of aryl methyl sites for hydroxylation is 3. The van der Waals surface area contributed by atoms with Gasteiger partial charge in [-0.1, -0.05) is 71.3 Å². The number of hydrogen-bond acceptors (Lipinski definition) is 4. The molecule has 0 unspecified atom stereocenters. The molecular formula is C33H33F3N2O2S2. The standard InChI is InChI=1S/C17H19NOS.C16H14F3NOS/c1-13-6-8-16(9-7-13)20-12-17(19)18-11-15-5-3-4-14(2)10-15;1-11-5-7-14(8-6-11)22-10-15(21)20-13-4-2-3-12(9-13)16(17,18)19/h3-10H,11-12H2,1-2H3,(H,18,19);2-9H,10H2,1H3,(H,20,21). The van der Waals surface area contributed by atoms with E-state index in [1.165, 1.54) is 35.0 Å². The molecule has 9 heteroatoms. The molecule has 4 rings (SSSR count). The maximum Gasteiger partial charge on any atom is 0.416 e. The van der Waals surface area contributed by atoms with E-state index in [2.05, 4.69) is 48.7 Å². The summed E-state index contributed by atoms with van der Waals surface area (Å²) in [5, 5.41) is 5.42. The second kappa shape index (κ2) is 16.1. The fourth-order valence-electron chi connectivity index (χ4n) is 3.61. The van der Waals surface area contributed by atoms with E-state index >= 15 is 0 Å². The minimum absolute atomic E-state index is 0.0667. The van der Waals surface area contributed by atoms with Gasteiger partial charge in [-0.15, -0.1) is 23.5 Å². The summed E-state index contributed by atoms with van der Waals surface area (Å²) in [6.07, 6.45) is -4.42. The molecule has 4 aromatic rings. The Morgan fingerprint density at radius 3 is 1.76 bits per heavy atom. The predicted octanol–water partition coefficient (Wildman–Crippen LogP) is 8.46. The Bertz CT molecular complexity index is 1460. The van der Waals surface area contributed by atoms with Gasteiger partial charge in [0.05, 0.1) is 17.1 Å². The number of nitrogens with one attached hydrogen (secondary N) is 2. The van der Waals surface area contributed by atoms with Gasteiger partial charge in [0.1, 0.15) is 0 Å². The van der Waals surface area contributed by atoms with Gasteiger partial charge in [0.15, 0.2) is 0 Å². The molecule has 220 valence electrons. The smallest absolute Gasteiger partial charge is 0.351 e. The summed E-state index contributed by atoms with van der Waals surface area (Å²) in [4.78, 5) is 25.7. The van der Waals surface area contributed by atoms with Crippen molar-refractivity contribution >= 4 is 41.0 Å². The van der Waals surface area contributed by atoms with Crippen LogP contribution in [0.1, 0.15) is 27.8 Å². The maximum atomic E-state index is 12.6. The zero-order chi connectivity index (χ0) is 30.5. The molecule has 0 heterocycles. The third kappa shape index (κ3) is 12.0. The lowest BCUT2D eigenvalue weighted by atomic mass is 10.1. The summed E-state index contributed by atoms with van der Waals surface area (Å²) in [5.74, 6) is 0.316. The molecule has 0 aliphatic rings. The van der Waals surface area contributed by atoms with Crippen molar-refractivity contribution in [2.75, 3.05) is 16.8 Å². The normalized spacial score (nSPS) is 10.8. The summed E-state index contributed by atoms with van der Waals surface area (Å²) >= 11 is 2.90. The van der Waals surface area contributed by atoms with Crippen molar-refractivity contribution in [1.82, 2.24) is 5.32 Å². The van der Waals surface area contributed by atoms with Crippen molar-refractivity contribution in [2.45, 2.75) is 43.3 Å². The van der Waals surface area contributed by atoms with Crippen LogP contribution in [0.15, 0.2) is 107 Å². The lowest BCUT2D eigenvalue weighted by Gasteiger charge is -2.09. The molecular weight excluding hydrogens is 578 g/mol. The van der Waals surface area contributed by atoms with Gasteiger partial charge in [-0.25, -0.2) is 0 Å². The SMILES string of the molecule is Cc1ccc(SCC(=O)NCc2cccc(C)c2)cc1.Cc1ccc(SCC(=O)Nc2cccc(C(F)(F)F)c2)cc1. The van der Waals surface area contributed by atoms with E-state index in [1.807, 2.05) is 55.5 Å². The van der Waals surface area contributed by atoms with E-state index in [4.69, 9.17) is 0 Å². The Kier molecular flexibility index (Phi) is 12.6. The van der Waals surface area contributed by atoms with E-state index in [-0.39, 0.29) is 23.3 Å². The lowest BCUT2D eigenvalue weighted by Crippen LogP contribution is -2.24. The van der Waals surface area contributed by atoms with Crippen LogP contribution in [0.5, 0.6) is 0 Å². The zero-order valence-corrected chi connectivity index (χ0v) is 25.3. The Hall–Kier alpha value is -3.69. The van der Waals surface area contributed by atoms with Crippen molar-refractivity contribution in [3.8, 4) is 0 Å². The fraction of sp³-hybridized carbons (Fsp3) is 0.212. The maximum absolute atomic E-state index is 12.6. The first-order chi connectivity index (χ1) is 20.0. The molecule has 2 amide bonds. The molecule has 0 aliphatic carbocycles. The molecule has 4 aromatic carbocycles. The van der Waals surface area contributed by atoms with Crippen LogP contribution in [-0.4, -0.2) is 23.3 Å². The van der Waals surface area contributed by atoms with Gasteiger partial charge >= 0.3 is 6.18 Å². The fourth-order valence-corrected chi connectivity index (χ4v) is 5.04. The predicted molar refractivity (Wildman–Crippen MR) is 167 cm³/mol. The van der Waals surface area contributed by atoms with Crippen LogP contribution < -0.4 is 10.6 Å². The van der Waals surface area contributed by atoms with Crippen LogP contribution in [0, 0.1) is 20.8 Å². The topological polar surface area (TPSA) is 58.2 Å². The molecule has 0 spiro atoms. The summed E-state index contributed by atoms with van der Waals surface area (Å²) in [5.41, 5.74) is 4.07. The summed E-state index contributed by atoms with van der Waals surface area (Å²) in [6.45, 7) is 6.67. The highest BCUT2D eigenvalue weighted by Crippen LogP contribution is 2.30. The summed E-state index contributed by atoms with van der Waals surface area (Å²) in [7, 11) is 0. The Labute approximate surface area is 253 Å². The molecule has 0 saturated heterocycles. The number of thioether (sulfide) groups is 2. The van der Waals surface area contributed by atoms with Crippen molar-refractivity contribution in [3.63, 3.8) is 0 Å². The minimum atomic E-state index is -4.42. The minimum Gasteiger partial charge on any atom is -0.351 e. The number of anilines is 1. The monoisotopic (exact) mass is 610 g/mol. The van der Waals surface area contributed by atoms with E-state index in [1.54, 1.807) is 11.8 Å². The van der Waals surface area contributed by atoms with E-state index < -0.39 is 11.7 Å². The van der Waals surface area contributed by atoms with Crippen LogP contribution in [-0.2, 0) is 22.3 Å². The lowest BCUT2D eigenvalue weighted by molar-refractivity contribution is -0.137. The third-order valence-corrected chi connectivity index (χ3v) is 7.85. The van der Waals surface area contributed by atoms with Crippen LogP contribution in [0.3, 0.4) is 0 Å². The largest absolute Gasteiger partial charge is 0.416 e. The molecule has 4 nitrogen and oxygen atoms in total. The number of carbonyl (C=O) groups is 2. The number of benzene rings is 4. The highest BCUT2D eigenvalue weighted by atomic mass is 32.2. The average molecular weight is 611 g/mol. The highest BCUT2D eigenvalue weighted by Gasteiger charge is 2.30. The van der Waals surface area contributed by atoms with Gasteiger partial charge in [-0.2, -0.15) is 13.2 Å². The van der Waals surface area contributed by atoms with Gasteiger partial charge in [-0.3, -0.25) is 9.59 Å². The number of halogens is 3. The van der Waals surface area contributed by atoms with Crippen LogP contribution >= 0.6 is 23.5 Å². The van der Waals surface area contributed by atoms with Crippen molar-refractivity contribution in [1.29, 1.82) is 0 Å². The van der Waals surface area contributed by atoms with E-state index in [0.717, 1.165) is 33.1 Å². The number of hydrogen-bond donors (Lipinski definition) is 2. The molecule has 0 fully saturated rings. The van der Waals surface area contributed by atoms with Crippen LogP contribution in [0.2, 0.25) is 0 Å². The first-order valence-corrected chi connectivity index (χ1v) is 15.1. The molecule has 42 heavy (non-hydrogen) atoms. The molecule has 0 aromatic heterocycles. The molecule has 2 N–H and O–H groups in total. The number of carbonyl (C=O) groups excluding carboxylic acids is 2. The zero-order valence-electron chi connectivity index (χ0n) is 23.6. The number of amides is 2. The van der Waals surface area contributed by atoms with Gasteiger partial charge in [0, 0.05) is 22.0 Å². The second-order valence-corrected chi connectivity index (χ2v) is 11.7. The van der Waals surface area contributed by atoms with Crippen molar-refractivity contribution in [3.05, 3.63) is 125 Å². The summed E-state index contributed by atoms with van der Waals surface area (Å²) < 4.78 is 37.8. The average Bonchev–Trinajstić information content (AvgIpc) is 2.96. The van der Waals surface area contributed by atoms with E-state index in [0.29, 0.717) is 12.3 Å². The second-order valence-electron chi connectivity index (χ2n) is 9.60. The molecule has 0 aliphatic heterocycles. The Balaban J connectivity index is 0.000000231. The van der Waals surface area contributed by atoms with Gasteiger partial charge < -0.3 is 10.6 Å². The molecule has 0 radical (unpaired) electrons. The molecule has 0 bridgehead atoms. The number of alkyl halides is 3. The Morgan fingerprint density at radius 2 is 1.21 bits per heavy atom. The van der Waals surface area contributed by atoms with Gasteiger partial charge in [0.2, 0.25) is 11.8 Å². The quantitative estimate of drug-likeness (QED) is 0.187. The van der Waals surface area contributed by atoms with Crippen molar-refractivity contribution in [2.24, 2.45) is 0 Å². The molecule has 0 atom stereocenters. The summed E-state index contributed by atoms with van der Waals surface area (Å²) in [6, 6.07) is 28.7. The first-order valence-electron chi connectivity index (χ1n) is 13.2. The number of rotatable bonds is 9. The highest BCUT2D eigenvalue weighted by molar-refractivity contribution is 8.00. The first kappa shape index (κ1) is 32.8. The molecule has 0 saturated carbocycles. The Morgan fingerprint density at radius 1 is 0.667 bits per heavy atom. The van der Waals surface area contributed by atoms with Crippen LogP contribution in [0.4, 0.5) is 18.9 Å². The van der Waals surface area contributed by atoms with Gasteiger partial charge in [0.25, 0.3) is 0 Å². The van der Waals surface area contributed by atoms with Crippen LogP contribution in [0.25, 0.3) is 0 Å². The van der Waals surface area contributed by atoms with Crippen molar-refractivity contribution < 1.29 is 22.8 Å².